The van der Waals surface area contributed by atoms with E-state index < -0.39 is 0 Å². The summed E-state index contributed by atoms with van der Waals surface area (Å²) in [6, 6.07) is 1.97. The van der Waals surface area contributed by atoms with E-state index in [4.69, 9.17) is 9.47 Å². The van der Waals surface area contributed by atoms with Crippen molar-refractivity contribution in [1.82, 2.24) is 14.7 Å². The lowest BCUT2D eigenvalue weighted by atomic mass is 10.1. The molecule has 2 bridgehead atoms. The quantitative estimate of drug-likeness (QED) is 0.841. The summed E-state index contributed by atoms with van der Waals surface area (Å²) in [6.45, 7) is 5.80. The molecule has 1 aromatic rings. The fraction of sp³-hybridized carbons (Fsp3) is 0.733. The second-order valence-corrected chi connectivity index (χ2v) is 5.74. The van der Waals surface area contributed by atoms with E-state index in [0.29, 0.717) is 25.4 Å². The summed E-state index contributed by atoms with van der Waals surface area (Å²) in [6.07, 6.45) is 2.00. The van der Waals surface area contributed by atoms with Gasteiger partial charge in [0.1, 0.15) is 11.8 Å². The van der Waals surface area contributed by atoms with E-state index in [1.807, 2.05) is 24.8 Å². The molecule has 116 valence electrons. The van der Waals surface area contributed by atoms with Crippen molar-refractivity contribution in [2.24, 2.45) is 0 Å². The Morgan fingerprint density at radius 3 is 3.05 bits per heavy atom. The molecular formula is C15H23N3O3. The summed E-state index contributed by atoms with van der Waals surface area (Å²) >= 11 is 0. The standard InChI is InChI=1S/C15H23N3O3/c1-4-18-12(9-10(2)16-18)15(19)17-7-8-21-13-6-5-11(17)14(13)20-3/h9,11,13-14H,4-8H2,1-3H3/t11-,13-,14-/m0/s1. The number of aryl methyl sites for hydroxylation is 2. The van der Waals surface area contributed by atoms with Gasteiger partial charge < -0.3 is 14.4 Å². The Hall–Kier alpha value is -1.40. The maximum absolute atomic E-state index is 12.9. The summed E-state index contributed by atoms with van der Waals surface area (Å²) in [5.74, 6) is 0.0376. The number of carbonyl (C=O) groups excluding carboxylic acids is 1. The summed E-state index contributed by atoms with van der Waals surface area (Å²) in [5.41, 5.74) is 1.54. The molecule has 0 spiro atoms. The smallest absolute Gasteiger partial charge is 0.272 e. The van der Waals surface area contributed by atoms with Gasteiger partial charge in [-0.15, -0.1) is 0 Å². The minimum Gasteiger partial charge on any atom is -0.377 e. The van der Waals surface area contributed by atoms with Gasteiger partial charge in [-0.05, 0) is 32.8 Å². The number of nitrogens with zero attached hydrogens (tertiary/aromatic N) is 3. The van der Waals surface area contributed by atoms with E-state index >= 15 is 0 Å². The van der Waals surface area contributed by atoms with Gasteiger partial charge in [0.25, 0.3) is 5.91 Å². The molecule has 1 aromatic heterocycles. The SMILES string of the molecule is CCn1nc(C)cc1C(=O)N1CCO[C@H]2CC[C@H]1[C@@H]2OC. The molecule has 1 saturated heterocycles. The van der Waals surface area contributed by atoms with Crippen LogP contribution in [0.5, 0.6) is 0 Å². The van der Waals surface area contributed by atoms with Gasteiger partial charge in [-0.25, -0.2) is 0 Å². The number of fused-ring (bicyclic) bond motifs is 2. The van der Waals surface area contributed by atoms with E-state index in [0.717, 1.165) is 18.5 Å². The number of carbonyl (C=O) groups is 1. The molecule has 0 N–H and O–H groups in total. The van der Waals surface area contributed by atoms with Crippen molar-refractivity contribution in [3.8, 4) is 0 Å². The van der Waals surface area contributed by atoms with Crippen LogP contribution in [0.25, 0.3) is 0 Å². The Morgan fingerprint density at radius 1 is 1.52 bits per heavy atom. The number of ether oxygens (including phenoxy) is 2. The van der Waals surface area contributed by atoms with Crippen LogP contribution in [0.4, 0.5) is 0 Å². The van der Waals surface area contributed by atoms with Crippen molar-refractivity contribution in [3.63, 3.8) is 0 Å². The molecule has 0 aromatic carbocycles. The minimum atomic E-state index is -0.0180. The van der Waals surface area contributed by atoms with Gasteiger partial charge in [-0.1, -0.05) is 0 Å². The van der Waals surface area contributed by atoms with Crippen LogP contribution in [-0.4, -0.2) is 59.1 Å². The number of hydrogen-bond acceptors (Lipinski definition) is 4. The number of amides is 1. The van der Waals surface area contributed by atoms with E-state index in [-0.39, 0.29) is 24.2 Å². The van der Waals surface area contributed by atoms with Crippen LogP contribution in [0, 0.1) is 6.92 Å². The van der Waals surface area contributed by atoms with Crippen LogP contribution in [-0.2, 0) is 16.0 Å². The molecule has 1 saturated carbocycles. The summed E-state index contributed by atoms with van der Waals surface area (Å²) in [4.78, 5) is 14.9. The Bertz CT molecular complexity index is 528. The van der Waals surface area contributed by atoms with Gasteiger partial charge in [0, 0.05) is 20.2 Å². The lowest BCUT2D eigenvalue weighted by molar-refractivity contribution is -0.0316. The summed E-state index contributed by atoms with van der Waals surface area (Å²) < 4.78 is 13.2. The highest BCUT2D eigenvalue weighted by Crippen LogP contribution is 2.32. The van der Waals surface area contributed by atoms with Gasteiger partial charge in [0.05, 0.1) is 24.4 Å². The highest BCUT2D eigenvalue weighted by molar-refractivity contribution is 5.93. The maximum Gasteiger partial charge on any atom is 0.272 e. The third kappa shape index (κ3) is 2.46. The zero-order valence-electron chi connectivity index (χ0n) is 12.9. The van der Waals surface area contributed by atoms with Crippen LogP contribution in [0.15, 0.2) is 6.07 Å². The van der Waals surface area contributed by atoms with Crippen molar-refractivity contribution in [3.05, 3.63) is 17.5 Å². The van der Waals surface area contributed by atoms with E-state index in [2.05, 4.69) is 5.10 Å². The highest BCUT2D eigenvalue weighted by Gasteiger charge is 2.44. The third-order valence-electron chi connectivity index (χ3n) is 4.51. The first-order chi connectivity index (χ1) is 10.2. The lowest BCUT2D eigenvalue weighted by Crippen LogP contribution is -2.46. The second-order valence-electron chi connectivity index (χ2n) is 5.74. The van der Waals surface area contributed by atoms with Crippen molar-refractivity contribution >= 4 is 5.91 Å². The Balaban J connectivity index is 1.89. The first-order valence-electron chi connectivity index (χ1n) is 7.65. The zero-order valence-corrected chi connectivity index (χ0v) is 12.9. The van der Waals surface area contributed by atoms with Gasteiger partial charge in [0.2, 0.25) is 0 Å². The number of rotatable bonds is 3. The van der Waals surface area contributed by atoms with E-state index in [1.165, 1.54) is 0 Å². The molecule has 0 unspecified atom stereocenters. The predicted molar refractivity (Wildman–Crippen MR) is 77.2 cm³/mol. The monoisotopic (exact) mass is 293 g/mol. The molecule has 6 nitrogen and oxygen atoms in total. The zero-order chi connectivity index (χ0) is 15.0. The summed E-state index contributed by atoms with van der Waals surface area (Å²) in [7, 11) is 1.70. The molecule has 2 heterocycles. The molecule has 2 fully saturated rings. The van der Waals surface area contributed by atoms with Crippen molar-refractivity contribution < 1.29 is 14.3 Å². The van der Waals surface area contributed by atoms with Gasteiger partial charge in [-0.3, -0.25) is 9.48 Å². The van der Waals surface area contributed by atoms with Crippen LogP contribution in [0.2, 0.25) is 0 Å². The van der Waals surface area contributed by atoms with Crippen LogP contribution < -0.4 is 0 Å². The molecule has 1 amide bonds. The molecule has 0 radical (unpaired) electrons. The normalized spacial score (nSPS) is 28.7. The third-order valence-corrected chi connectivity index (χ3v) is 4.51. The fourth-order valence-corrected chi connectivity index (χ4v) is 3.56. The van der Waals surface area contributed by atoms with Crippen molar-refractivity contribution in [1.29, 1.82) is 0 Å². The number of aromatic nitrogens is 2. The Labute approximate surface area is 125 Å². The first-order valence-corrected chi connectivity index (χ1v) is 7.65. The van der Waals surface area contributed by atoms with Crippen LogP contribution in [0.1, 0.15) is 35.9 Å². The van der Waals surface area contributed by atoms with E-state index in [9.17, 15) is 4.79 Å². The number of methoxy groups -OCH3 is 1. The molecule has 2 aliphatic rings. The average Bonchev–Trinajstić information content (AvgIpc) is 2.98. The molecule has 21 heavy (non-hydrogen) atoms. The van der Waals surface area contributed by atoms with Gasteiger partial charge >= 0.3 is 0 Å². The van der Waals surface area contributed by atoms with Crippen LogP contribution in [0.3, 0.4) is 0 Å². The first kappa shape index (κ1) is 14.5. The molecule has 3 atom stereocenters. The number of hydrogen-bond donors (Lipinski definition) is 0. The van der Waals surface area contributed by atoms with Crippen molar-refractivity contribution in [2.75, 3.05) is 20.3 Å². The largest absolute Gasteiger partial charge is 0.377 e. The topological polar surface area (TPSA) is 56.6 Å². The fourth-order valence-electron chi connectivity index (χ4n) is 3.56. The Kier molecular flexibility index (Phi) is 3.99. The highest BCUT2D eigenvalue weighted by atomic mass is 16.5. The molecular weight excluding hydrogens is 270 g/mol. The average molecular weight is 293 g/mol. The molecule has 1 aliphatic heterocycles. The second kappa shape index (κ2) is 5.77. The predicted octanol–water partition coefficient (Wildman–Crippen LogP) is 1.23. The van der Waals surface area contributed by atoms with Crippen LogP contribution >= 0.6 is 0 Å². The van der Waals surface area contributed by atoms with Crippen molar-refractivity contribution in [2.45, 2.75) is 51.5 Å². The van der Waals surface area contributed by atoms with E-state index in [1.54, 1.807) is 11.8 Å². The van der Waals surface area contributed by atoms with Gasteiger partial charge in [-0.2, -0.15) is 5.10 Å². The molecule has 1 aliphatic carbocycles. The van der Waals surface area contributed by atoms with Gasteiger partial charge in [0.15, 0.2) is 0 Å². The Morgan fingerprint density at radius 2 is 2.33 bits per heavy atom. The molecule has 6 heteroatoms. The molecule has 3 rings (SSSR count). The lowest BCUT2D eigenvalue weighted by Gasteiger charge is -2.30. The maximum atomic E-state index is 12.9. The minimum absolute atomic E-state index is 0.0180. The summed E-state index contributed by atoms with van der Waals surface area (Å²) in [5, 5.41) is 4.38.